The van der Waals surface area contributed by atoms with E-state index in [9.17, 15) is 4.79 Å². The summed E-state index contributed by atoms with van der Waals surface area (Å²) >= 11 is 0. The maximum atomic E-state index is 11.8. The van der Waals surface area contributed by atoms with Crippen molar-refractivity contribution in [3.8, 4) is 5.75 Å². The Balaban J connectivity index is 2.68. The van der Waals surface area contributed by atoms with Gasteiger partial charge in [0.2, 0.25) is 0 Å². The normalized spacial score (nSPS) is 10.9. The molecule has 0 bridgehead atoms. The molecule has 0 fully saturated rings. The Hall–Kier alpha value is -1.71. The SMILES string of the molecule is CCCOc1ccccc1NC(=O)NC(C)(C)C. The van der Waals surface area contributed by atoms with E-state index >= 15 is 0 Å². The second kappa shape index (κ2) is 6.28. The second-order valence-corrected chi connectivity index (χ2v) is 5.17. The average molecular weight is 250 g/mol. The molecule has 0 radical (unpaired) electrons. The molecular weight excluding hydrogens is 228 g/mol. The highest BCUT2D eigenvalue weighted by molar-refractivity contribution is 5.91. The van der Waals surface area contributed by atoms with Gasteiger partial charge in [0, 0.05) is 5.54 Å². The molecule has 18 heavy (non-hydrogen) atoms. The lowest BCUT2D eigenvalue weighted by Crippen LogP contribution is -2.43. The lowest BCUT2D eigenvalue weighted by atomic mass is 10.1. The van der Waals surface area contributed by atoms with Gasteiger partial charge in [-0.15, -0.1) is 0 Å². The van der Waals surface area contributed by atoms with Crippen LogP contribution in [0.25, 0.3) is 0 Å². The van der Waals surface area contributed by atoms with Crippen LogP contribution in [0.5, 0.6) is 5.75 Å². The van der Waals surface area contributed by atoms with Crippen molar-refractivity contribution in [3.63, 3.8) is 0 Å². The number of nitrogens with one attached hydrogen (secondary N) is 2. The molecule has 0 heterocycles. The summed E-state index contributed by atoms with van der Waals surface area (Å²) in [6.07, 6.45) is 0.933. The fourth-order valence-electron chi connectivity index (χ4n) is 1.40. The van der Waals surface area contributed by atoms with Crippen molar-refractivity contribution in [2.75, 3.05) is 11.9 Å². The van der Waals surface area contributed by atoms with E-state index in [0.29, 0.717) is 18.0 Å². The second-order valence-electron chi connectivity index (χ2n) is 5.17. The summed E-state index contributed by atoms with van der Waals surface area (Å²) < 4.78 is 5.57. The molecule has 0 spiro atoms. The van der Waals surface area contributed by atoms with E-state index in [1.54, 1.807) is 0 Å². The van der Waals surface area contributed by atoms with Crippen LogP contribution in [-0.2, 0) is 0 Å². The third-order valence-corrected chi connectivity index (χ3v) is 2.09. The number of ether oxygens (including phenoxy) is 1. The first-order chi connectivity index (χ1) is 8.42. The number of amides is 2. The molecule has 0 unspecified atom stereocenters. The van der Waals surface area contributed by atoms with Gasteiger partial charge in [-0.05, 0) is 39.3 Å². The van der Waals surface area contributed by atoms with Crippen molar-refractivity contribution >= 4 is 11.7 Å². The van der Waals surface area contributed by atoms with Crippen LogP contribution in [-0.4, -0.2) is 18.2 Å². The van der Waals surface area contributed by atoms with E-state index in [4.69, 9.17) is 4.74 Å². The Bertz CT molecular complexity index is 397. The van der Waals surface area contributed by atoms with Gasteiger partial charge < -0.3 is 15.4 Å². The predicted octanol–water partition coefficient (Wildman–Crippen LogP) is 3.40. The van der Waals surface area contributed by atoms with Gasteiger partial charge in [-0.2, -0.15) is 0 Å². The maximum Gasteiger partial charge on any atom is 0.319 e. The number of rotatable bonds is 4. The number of hydrogen-bond donors (Lipinski definition) is 2. The van der Waals surface area contributed by atoms with E-state index in [1.807, 2.05) is 52.0 Å². The third-order valence-electron chi connectivity index (χ3n) is 2.09. The van der Waals surface area contributed by atoms with Crippen LogP contribution in [0.4, 0.5) is 10.5 Å². The number of carbonyl (C=O) groups excluding carboxylic acids is 1. The van der Waals surface area contributed by atoms with Crippen LogP contribution >= 0.6 is 0 Å². The van der Waals surface area contributed by atoms with Crippen molar-refractivity contribution in [1.29, 1.82) is 0 Å². The molecule has 100 valence electrons. The molecule has 0 aromatic heterocycles. The Morgan fingerprint density at radius 3 is 2.56 bits per heavy atom. The van der Waals surface area contributed by atoms with E-state index in [1.165, 1.54) is 0 Å². The number of benzene rings is 1. The fraction of sp³-hybridized carbons (Fsp3) is 0.500. The molecule has 0 aliphatic rings. The topological polar surface area (TPSA) is 50.4 Å². The van der Waals surface area contributed by atoms with Crippen molar-refractivity contribution in [1.82, 2.24) is 5.32 Å². The zero-order valence-electron chi connectivity index (χ0n) is 11.5. The highest BCUT2D eigenvalue weighted by Gasteiger charge is 2.14. The van der Waals surface area contributed by atoms with E-state index in [2.05, 4.69) is 10.6 Å². The monoisotopic (exact) mass is 250 g/mol. The predicted molar refractivity (Wildman–Crippen MR) is 74.1 cm³/mol. The zero-order chi connectivity index (χ0) is 13.6. The van der Waals surface area contributed by atoms with E-state index in [-0.39, 0.29) is 11.6 Å². The Labute approximate surface area is 109 Å². The molecule has 2 N–H and O–H groups in total. The summed E-state index contributed by atoms with van der Waals surface area (Å²) in [7, 11) is 0. The van der Waals surface area contributed by atoms with E-state index in [0.717, 1.165) is 6.42 Å². The fourth-order valence-corrected chi connectivity index (χ4v) is 1.40. The number of hydrogen-bond acceptors (Lipinski definition) is 2. The molecule has 1 aromatic rings. The maximum absolute atomic E-state index is 11.8. The number of carbonyl (C=O) groups is 1. The Morgan fingerprint density at radius 2 is 1.94 bits per heavy atom. The standard InChI is InChI=1S/C14H22N2O2/c1-5-10-18-12-9-7-6-8-11(12)15-13(17)16-14(2,3)4/h6-9H,5,10H2,1-4H3,(H2,15,16,17). The van der Waals surface area contributed by atoms with Crippen molar-refractivity contribution in [2.24, 2.45) is 0 Å². The summed E-state index contributed by atoms with van der Waals surface area (Å²) in [4.78, 5) is 11.8. The molecule has 0 saturated carbocycles. The smallest absolute Gasteiger partial charge is 0.319 e. The highest BCUT2D eigenvalue weighted by atomic mass is 16.5. The molecule has 4 heteroatoms. The lowest BCUT2D eigenvalue weighted by Gasteiger charge is -2.21. The summed E-state index contributed by atoms with van der Waals surface area (Å²) in [5.41, 5.74) is 0.427. The Kier molecular flexibility index (Phi) is 5.01. The van der Waals surface area contributed by atoms with Gasteiger partial charge in [0.25, 0.3) is 0 Å². The lowest BCUT2D eigenvalue weighted by molar-refractivity contribution is 0.243. The minimum Gasteiger partial charge on any atom is -0.491 e. The van der Waals surface area contributed by atoms with Crippen LogP contribution in [0.15, 0.2) is 24.3 Å². The first-order valence-electron chi connectivity index (χ1n) is 6.23. The quantitative estimate of drug-likeness (QED) is 0.860. The zero-order valence-corrected chi connectivity index (χ0v) is 11.5. The summed E-state index contributed by atoms with van der Waals surface area (Å²) in [5.74, 6) is 0.698. The van der Waals surface area contributed by atoms with Gasteiger partial charge in [-0.1, -0.05) is 19.1 Å². The average Bonchev–Trinajstić information content (AvgIpc) is 2.25. The minimum absolute atomic E-state index is 0.227. The first-order valence-corrected chi connectivity index (χ1v) is 6.23. The van der Waals surface area contributed by atoms with Crippen LogP contribution in [0.1, 0.15) is 34.1 Å². The van der Waals surface area contributed by atoms with Gasteiger partial charge in [0.15, 0.2) is 0 Å². The third kappa shape index (κ3) is 5.08. The molecular formula is C14H22N2O2. The van der Waals surface area contributed by atoms with Crippen LogP contribution in [0, 0.1) is 0 Å². The molecule has 0 saturated heterocycles. The number of para-hydroxylation sites is 2. The molecule has 1 aromatic carbocycles. The van der Waals surface area contributed by atoms with Crippen molar-refractivity contribution < 1.29 is 9.53 Å². The molecule has 0 atom stereocenters. The minimum atomic E-state index is -0.261. The van der Waals surface area contributed by atoms with Gasteiger partial charge in [-0.3, -0.25) is 0 Å². The molecule has 0 aliphatic heterocycles. The van der Waals surface area contributed by atoms with Gasteiger partial charge in [-0.25, -0.2) is 4.79 Å². The molecule has 2 amide bonds. The van der Waals surface area contributed by atoms with Crippen LogP contribution in [0.2, 0.25) is 0 Å². The van der Waals surface area contributed by atoms with Gasteiger partial charge in [0.1, 0.15) is 5.75 Å². The summed E-state index contributed by atoms with van der Waals surface area (Å²) in [6.45, 7) is 8.49. The van der Waals surface area contributed by atoms with E-state index < -0.39 is 0 Å². The number of urea groups is 1. The highest BCUT2D eigenvalue weighted by Crippen LogP contribution is 2.23. The summed E-state index contributed by atoms with van der Waals surface area (Å²) in [6, 6.07) is 7.20. The molecule has 4 nitrogen and oxygen atoms in total. The Morgan fingerprint density at radius 1 is 1.28 bits per heavy atom. The van der Waals surface area contributed by atoms with Crippen LogP contribution < -0.4 is 15.4 Å². The number of anilines is 1. The largest absolute Gasteiger partial charge is 0.491 e. The van der Waals surface area contributed by atoms with Crippen molar-refractivity contribution in [3.05, 3.63) is 24.3 Å². The van der Waals surface area contributed by atoms with Crippen LogP contribution in [0.3, 0.4) is 0 Å². The van der Waals surface area contributed by atoms with Gasteiger partial charge in [0.05, 0.1) is 12.3 Å². The first kappa shape index (κ1) is 14.4. The van der Waals surface area contributed by atoms with Crippen molar-refractivity contribution in [2.45, 2.75) is 39.7 Å². The molecule has 1 rings (SSSR count). The summed E-state index contributed by atoms with van der Waals surface area (Å²) in [5, 5.41) is 5.65. The molecule has 0 aliphatic carbocycles. The van der Waals surface area contributed by atoms with Gasteiger partial charge >= 0.3 is 6.03 Å².